The Kier molecular flexibility index (Phi) is 7.87. The highest BCUT2D eigenvalue weighted by molar-refractivity contribution is 7.71. The first-order valence-electron chi connectivity index (χ1n) is 11.5. The molecule has 1 aromatic heterocycles. The van der Waals surface area contributed by atoms with Crippen molar-refractivity contribution in [3.63, 3.8) is 0 Å². The van der Waals surface area contributed by atoms with E-state index in [4.69, 9.17) is 17.0 Å². The van der Waals surface area contributed by atoms with Crippen molar-refractivity contribution in [1.82, 2.24) is 14.5 Å². The molecule has 2 aromatic carbocycles. The molecule has 34 heavy (non-hydrogen) atoms. The number of aromatic amines is 1. The van der Waals surface area contributed by atoms with Gasteiger partial charge in [0, 0.05) is 37.3 Å². The van der Waals surface area contributed by atoms with Crippen LogP contribution in [0.2, 0.25) is 0 Å². The average Bonchev–Trinajstić information content (AvgIpc) is 2.86. The fourth-order valence-electron chi connectivity index (χ4n) is 4.04. The molecule has 3 aromatic rings. The number of fused-ring (bicyclic) bond motifs is 1. The zero-order chi connectivity index (χ0) is 23.9. The van der Waals surface area contributed by atoms with E-state index in [1.807, 2.05) is 18.2 Å². The molecule has 0 radical (unpaired) electrons. The molecular weight excluding hydrogens is 452 g/mol. The minimum Gasteiger partial charge on any atom is -0.378 e. The van der Waals surface area contributed by atoms with E-state index in [-0.39, 0.29) is 17.4 Å². The summed E-state index contributed by atoms with van der Waals surface area (Å²) in [6, 6.07) is 14.3. The number of H-pyrrole nitrogens is 1. The number of morpholine rings is 1. The first-order chi connectivity index (χ1) is 16.5. The molecule has 1 saturated heterocycles. The summed E-state index contributed by atoms with van der Waals surface area (Å²) >= 11 is 5.34. The Hall–Kier alpha value is -3.30. The Balaban J connectivity index is 1.25. The molecule has 1 aliphatic heterocycles. The van der Waals surface area contributed by atoms with Crippen molar-refractivity contribution >= 4 is 40.6 Å². The van der Waals surface area contributed by atoms with E-state index in [9.17, 15) is 14.4 Å². The molecule has 1 aliphatic rings. The minimum absolute atomic E-state index is 0.0540. The molecule has 0 bridgehead atoms. The summed E-state index contributed by atoms with van der Waals surface area (Å²) in [4.78, 5) is 42.6. The predicted molar refractivity (Wildman–Crippen MR) is 134 cm³/mol. The average molecular weight is 481 g/mol. The molecule has 4 rings (SSSR count). The second-order valence-electron chi connectivity index (χ2n) is 8.28. The number of ether oxygens (including phenoxy) is 1. The number of unbranched alkanes of at least 4 members (excludes halogenated alkanes) is 2. The summed E-state index contributed by atoms with van der Waals surface area (Å²) in [5, 5.41) is 3.49. The van der Waals surface area contributed by atoms with Crippen molar-refractivity contribution in [2.75, 3.05) is 31.6 Å². The van der Waals surface area contributed by atoms with E-state index < -0.39 is 0 Å². The van der Waals surface area contributed by atoms with Gasteiger partial charge in [-0.15, -0.1) is 0 Å². The van der Waals surface area contributed by atoms with Gasteiger partial charge in [0.05, 0.1) is 24.1 Å². The summed E-state index contributed by atoms with van der Waals surface area (Å²) in [7, 11) is 0. The van der Waals surface area contributed by atoms with Crippen LogP contribution in [0, 0.1) is 4.77 Å². The maximum Gasteiger partial charge on any atom is 0.262 e. The summed E-state index contributed by atoms with van der Waals surface area (Å²) in [6.07, 6.45) is 2.59. The van der Waals surface area contributed by atoms with Gasteiger partial charge in [0.2, 0.25) is 5.91 Å². The lowest BCUT2D eigenvalue weighted by Gasteiger charge is -2.27. The van der Waals surface area contributed by atoms with Gasteiger partial charge in [0.1, 0.15) is 0 Å². The van der Waals surface area contributed by atoms with Crippen molar-refractivity contribution in [3.05, 3.63) is 69.2 Å². The van der Waals surface area contributed by atoms with E-state index in [0.717, 1.165) is 18.4 Å². The van der Waals surface area contributed by atoms with Gasteiger partial charge in [-0.05, 0) is 55.4 Å². The van der Waals surface area contributed by atoms with Crippen LogP contribution in [-0.2, 0) is 16.1 Å². The Labute approximate surface area is 202 Å². The maximum atomic E-state index is 12.7. The highest BCUT2D eigenvalue weighted by Gasteiger charge is 2.18. The van der Waals surface area contributed by atoms with Crippen LogP contribution in [0.25, 0.3) is 10.9 Å². The van der Waals surface area contributed by atoms with E-state index in [1.165, 1.54) is 0 Å². The molecule has 0 saturated carbocycles. The first kappa shape index (κ1) is 23.8. The summed E-state index contributed by atoms with van der Waals surface area (Å²) in [5.41, 5.74) is 1.81. The molecule has 0 unspecified atom stereocenters. The van der Waals surface area contributed by atoms with Gasteiger partial charge < -0.3 is 19.9 Å². The van der Waals surface area contributed by atoms with Crippen LogP contribution in [-0.4, -0.2) is 52.6 Å². The number of carbonyl (C=O) groups excluding carboxylic acids is 2. The summed E-state index contributed by atoms with van der Waals surface area (Å²) in [5.74, 6) is -0.155. The number of rotatable bonds is 8. The van der Waals surface area contributed by atoms with Crippen molar-refractivity contribution in [2.24, 2.45) is 0 Å². The van der Waals surface area contributed by atoms with Crippen LogP contribution in [0.15, 0.2) is 53.3 Å². The zero-order valence-corrected chi connectivity index (χ0v) is 19.7. The lowest BCUT2D eigenvalue weighted by atomic mass is 10.1. The topological polar surface area (TPSA) is 96.4 Å². The minimum atomic E-state index is -0.101. The van der Waals surface area contributed by atoms with Crippen molar-refractivity contribution in [2.45, 2.75) is 32.2 Å². The van der Waals surface area contributed by atoms with Crippen LogP contribution in [0.5, 0.6) is 0 Å². The van der Waals surface area contributed by atoms with Gasteiger partial charge in [-0.1, -0.05) is 24.6 Å². The number of benzene rings is 2. The molecule has 178 valence electrons. The van der Waals surface area contributed by atoms with E-state index >= 15 is 0 Å². The van der Waals surface area contributed by atoms with Crippen LogP contribution in [0.1, 0.15) is 36.0 Å². The standard InChI is InChI=1S/C25H28N4O4S/c30-22(26-19-8-6-7-18(17-19)23(31)28-13-15-33-16-14-28)11-2-1-5-12-29-24(32)20-9-3-4-10-21(20)27-25(29)34/h3-4,6-10,17H,1-2,5,11-16H2,(H,26,30)(H,27,34). The Morgan fingerprint density at radius 2 is 1.82 bits per heavy atom. The SMILES string of the molecule is O=C(CCCCCn1c(=S)[nH]c2ccccc2c1=O)Nc1cccc(C(=O)N2CCOCC2)c1. The van der Waals surface area contributed by atoms with Crippen molar-refractivity contribution in [3.8, 4) is 0 Å². The number of hydrogen-bond donors (Lipinski definition) is 2. The number of nitrogens with zero attached hydrogens (tertiary/aromatic N) is 2. The van der Waals surface area contributed by atoms with Crippen LogP contribution < -0.4 is 10.9 Å². The van der Waals surface area contributed by atoms with E-state index in [0.29, 0.717) is 67.1 Å². The molecule has 8 nitrogen and oxygen atoms in total. The number of anilines is 1. The smallest absolute Gasteiger partial charge is 0.262 e. The second-order valence-corrected chi connectivity index (χ2v) is 8.66. The number of hydrogen-bond acceptors (Lipinski definition) is 5. The maximum absolute atomic E-state index is 12.7. The van der Waals surface area contributed by atoms with Crippen LogP contribution >= 0.6 is 12.2 Å². The molecule has 1 fully saturated rings. The molecule has 0 atom stereocenters. The number of para-hydroxylation sites is 1. The third-order valence-corrected chi connectivity index (χ3v) is 6.19. The molecule has 9 heteroatoms. The van der Waals surface area contributed by atoms with Gasteiger partial charge in [0.25, 0.3) is 11.5 Å². The Morgan fingerprint density at radius 3 is 2.65 bits per heavy atom. The predicted octanol–water partition coefficient (Wildman–Crippen LogP) is 3.73. The number of aromatic nitrogens is 2. The molecule has 0 aliphatic carbocycles. The Bertz CT molecular complexity index is 1290. The highest BCUT2D eigenvalue weighted by atomic mass is 32.1. The Morgan fingerprint density at radius 1 is 1.03 bits per heavy atom. The molecule has 0 spiro atoms. The molecule has 2 heterocycles. The van der Waals surface area contributed by atoms with E-state index in [1.54, 1.807) is 39.8 Å². The second kappa shape index (κ2) is 11.2. The third-order valence-electron chi connectivity index (χ3n) is 5.87. The summed E-state index contributed by atoms with van der Waals surface area (Å²) in [6.45, 7) is 2.75. The van der Waals surface area contributed by atoms with Gasteiger partial charge in [-0.2, -0.15) is 0 Å². The lowest BCUT2D eigenvalue weighted by molar-refractivity contribution is -0.116. The van der Waals surface area contributed by atoms with Crippen molar-refractivity contribution < 1.29 is 14.3 Å². The lowest BCUT2D eigenvalue weighted by Crippen LogP contribution is -2.40. The molecular formula is C25H28N4O4S. The largest absolute Gasteiger partial charge is 0.378 e. The number of nitrogens with one attached hydrogen (secondary N) is 2. The van der Waals surface area contributed by atoms with Gasteiger partial charge in [-0.25, -0.2) is 0 Å². The zero-order valence-electron chi connectivity index (χ0n) is 18.9. The van der Waals surface area contributed by atoms with Gasteiger partial charge in [-0.3, -0.25) is 19.0 Å². The van der Waals surface area contributed by atoms with Crippen LogP contribution in [0.3, 0.4) is 0 Å². The fraction of sp³-hybridized carbons (Fsp3) is 0.360. The number of amides is 2. The first-order valence-corrected chi connectivity index (χ1v) is 11.9. The molecule has 2 N–H and O–H groups in total. The highest BCUT2D eigenvalue weighted by Crippen LogP contribution is 2.15. The molecule has 2 amide bonds. The van der Waals surface area contributed by atoms with Crippen LogP contribution in [0.4, 0.5) is 5.69 Å². The van der Waals surface area contributed by atoms with Gasteiger partial charge in [0.15, 0.2) is 4.77 Å². The van der Waals surface area contributed by atoms with E-state index in [2.05, 4.69) is 10.3 Å². The number of carbonyl (C=O) groups is 2. The monoisotopic (exact) mass is 480 g/mol. The quantitative estimate of drug-likeness (QED) is 0.378. The summed E-state index contributed by atoms with van der Waals surface area (Å²) < 4.78 is 7.28. The van der Waals surface area contributed by atoms with Gasteiger partial charge >= 0.3 is 0 Å². The normalized spacial score (nSPS) is 13.7. The van der Waals surface area contributed by atoms with Crippen molar-refractivity contribution in [1.29, 1.82) is 0 Å². The third kappa shape index (κ3) is 5.78. The fourth-order valence-corrected chi connectivity index (χ4v) is 4.32.